The van der Waals surface area contributed by atoms with Gasteiger partial charge in [0.25, 0.3) is 0 Å². The van der Waals surface area contributed by atoms with E-state index in [1.807, 2.05) is 0 Å². The average Bonchev–Trinajstić information content (AvgIpc) is 2.85. The molecule has 0 spiro atoms. The van der Waals surface area contributed by atoms with E-state index in [9.17, 15) is 0 Å². The predicted molar refractivity (Wildman–Crippen MR) is 77.8 cm³/mol. The van der Waals surface area contributed by atoms with Crippen LogP contribution >= 0.6 is 0 Å². The summed E-state index contributed by atoms with van der Waals surface area (Å²) in [7, 11) is 0. The summed E-state index contributed by atoms with van der Waals surface area (Å²) < 4.78 is 2.40. The Morgan fingerprint density at radius 1 is 1.33 bits per heavy atom. The van der Waals surface area contributed by atoms with Crippen LogP contribution in [0.25, 0.3) is 0 Å². The second kappa shape index (κ2) is 5.92. The Hall–Kier alpha value is -0.760. The summed E-state index contributed by atoms with van der Waals surface area (Å²) >= 11 is 0. The van der Waals surface area contributed by atoms with Gasteiger partial charge in [0.05, 0.1) is 0 Å². The third-order valence-electron chi connectivity index (χ3n) is 4.76. The highest BCUT2D eigenvalue weighted by Gasteiger charge is 2.22. The second-order valence-corrected chi connectivity index (χ2v) is 5.94. The molecule has 0 bridgehead atoms. The molecule has 1 aromatic heterocycles. The maximum Gasteiger partial charge on any atom is 0.0223 e. The van der Waals surface area contributed by atoms with Crippen LogP contribution < -0.4 is 5.32 Å². The zero-order valence-corrected chi connectivity index (χ0v) is 12.4. The molecule has 2 heteroatoms. The minimum atomic E-state index is 0.902. The molecule has 0 radical (unpaired) electrons. The van der Waals surface area contributed by atoms with Crippen LogP contribution in [0, 0.1) is 25.7 Å². The zero-order valence-electron chi connectivity index (χ0n) is 12.4. The third kappa shape index (κ3) is 2.80. The van der Waals surface area contributed by atoms with Crippen LogP contribution in [0.1, 0.15) is 50.1 Å². The SMILES string of the molecule is CCn1c(C)cc(CNCC2CCCC2C)c1C. The fraction of sp³-hybridized carbons (Fsp3) is 0.750. The quantitative estimate of drug-likeness (QED) is 0.841. The highest BCUT2D eigenvalue weighted by Crippen LogP contribution is 2.30. The van der Waals surface area contributed by atoms with Crippen molar-refractivity contribution in [3.8, 4) is 0 Å². The van der Waals surface area contributed by atoms with Gasteiger partial charge >= 0.3 is 0 Å². The highest BCUT2D eigenvalue weighted by molar-refractivity contribution is 5.26. The van der Waals surface area contributed by atoms with Crippen molar-refractivity contribution in [1.82, 2.24) is 9.88 Å². The van der Waals surface area contributed by atoms with Crippen molar-refractivity contribution in [1.29, 1.82) is 0 Å². The van der Waals surface area contributed by atoms with Crippen molar-refractivity contribution < 1.29 is 0 Å². The van der Waals surface area contributed by atoms with E-state index in [0.29, 0.717) is 0 Å². The highest BCUT2D eigenvalue weighted by atomic mass is 15.0. The van der Waals surface area contributed by atoms with Gasteiger partial charge in [-0.15, -0.1) is 0 Å². The van der Waals surface area contributed by atoms with Gasteiger partial charge in [-0.1, -0.05) is 19.8 Å². The molecule has 1 N–H and O–H groups in total. The van der Waals surface area contributed by atoms with E-state index < -0.39 is 0 Å². The Morgan fingerprint density at radius 2 is 2.11 bits per heavy atom. The van der Waals surface area contributed by atoms with Crippen LogP contribution in [0.15, 0.2) is 6.07 Å². The van der Waals surface area contributed by atoms with Gasteiger partial charge in [0.15, 0.2) is 0 Å². The minimum absolute atomic E-state index is 0.902. The van der Waals surface area contributed by atoms with E-state index in [1.54, 1.807) is 0 Å². The molecule has 1 aromatic rings. The number of hydrogen-bond donors (Lipinski definition) is 1. The van der Waals surface area contributed by atoms with Gasteiger partial charge in [0, 0.05) is 24.5 Å². The molecular weight excluding hydrogens is 220 g/mol. The molecule has 1 heterocycles. The summed E-state index contributed by atoms with van der Waals surface area (Å²) in [6.07, 6.45) is 4.27. The summed E-state index contributed by atoms with van der Waals surface area (Å²) in [5, 5.41) is 3.67. The van der Waals surface area contributed by atoms with E-state index in [-0.39, 0.29) is 0 Å². The van der Waals surface area contributed by atoms with Gasteiger partial charge in [0.1, 0.15) is 0 Å². The summed E-state index contributed by atoms with van der Waals surface area (Å²) in [6, 6.07) is 2.34. The van der Waals surface area contributed by atoms with Gasteiger partial charge in [0.2, 0.25) is 0 Å². The Labute approximate surface area is 112 Å². The lowest BCUT2D eigenvalue weighted by molar-refractivity contribution is 0.392. The van der Waals surface area contributed by atoms with Gasteiger partial charge in [-0.3, -0.25) is 0 Å². The Bertz CT molecular complexity index is 392. The third-order valence-corrected chi connectivity index (χ3v) is 4.76. The van der Waals surface area contributed by atoms with Crippen LogP contribution in [-0.4, -0.2) is 11.1 Å². The molecule has 1 aliphatic carbocycles. The molecule has 2 atom stereocenters. The van der Waals surface area contributed by atoms with Crippen LogP contribution in [-0.2, 0) is 13.1 Å². The first kappa shape index (κ1) is 13.7. The van der Waals surface area contributed by atoms with Crippen molar-refractivity contribution in [2.45, 2.75) is 60.0 Å². The maximum absolute atomic E-state index is 3.67. The molecule has 1 saturated carbocycles. The molecule has 0 saturated heterocycles. The van der Waals surface area contributed by atoms with Crippen molar-refractivity contribution in [3.63, 3.8) is 0 Å². The first-order valence-electron chi connectivity index (χ1n) is 7.49. The molecule has 1 fully saturated rings. The van der Waals surface area contributed by atoms with E-state index in [4.69, 9.17) is 0 Å². The van der Waals surface area contributed by atoms with Gasteiger partial charge in [-0.05, 0) is 57.2 Å². The van der Waals surface area contributed by atoms with Crippen molar-refractivity contribution >= 4 is 0 Å². The fourth-order valence-electron chi connectivity index (χ4n) is 3.46. The van der Waals surface area contributed by atoms with E-state index in [2.05, 4.69) is 43.6 Å². The molecular formula is C16H28N2. The van der Waals surface area contributed by atoms with Gasteiger partial charge in [-0.25, -0.2) is 0 Å². The monoisotopic (exact) mass is 248 g/mol. The van der Waals surface area contributed by atoms with Crippen molar-refractivity contribution in [2.75, 3.05) is 6.54 Å². The minimum Gasteiger partial charge on any atom is -0.349 e. The predicted octanol–water partition coefficient (Wildman–Crippen LogP) is 3.65. The summed E-state index contributed by atoms with van der Waals surface area (Å²) in [6.45, 7) is 12.4. The molecule has 2 rings (SSSR count). The second-order valence-electron chi connectivity index (χ2n) is 5.94. The lowest BCUT2D eigenvalue weighted by Gasteiger charge is -2.16. The summed E-state index contributed by atoms with van der Waals surface area (Å²) in [5.41, 5.74) is 4.29. The number of nitrogens with zero attached hydrogens (tertiary/aromatic N) is 1. The Morgan fingerprint density at radius 3 is 2.67 bits per heavy atom. The molecule has 18 heavy (non-hydrogen) atoms. The first-order valence-corrected chi connectivity index (χ1v) is 7.49. The summed E-state index contributed by atoms with van der Waals surface area (Å²) in [5.74, 6) is 1.82. The largest absolute Gasteiger partial charge is 0.349 e. The number of hydrogen-bond acceptors (Lipinski definition) is 1. The molecule has 2 nitrogen and oxygen atoms in total. The molecule has 102 valence electrons. The Balaban J connectivity index is 1.86. The lowest BCUT2D eigenvalue weighted by atomic mass is 9.98. The molecule has 2 unspecified atom stereocenters. The standard InChI is InChI=1S/C16H28N2/c1-5-18-13(3)9-16(14(18)4)11-17-10-15-8-6-7-12(15)2/h9,12,15,17H,5-8,10-11H2,1-4H3. The lowest BCUT2D eigenvalue weighted by Crippen LogP contribution is -2.24. The number of rotatable bonds is 5. The molecule has 0 aliphatic heterocycles. The van der Waals surface area contributed by atoms with Crippen LogP contribution in [0.5, 0.6) is 0 Å². The molecule has 0 aromatic carbocycles. The van der Waals surface area contributed by atoms with Crippen LogP contribution in [0.2, 0.25) is 0 Å². The maximum atomic E-state index is 3.67. The number of aromatic nitrogens is 1. The molecule has 0 amide bonds. The fourth-order valence-corrected chi connectivity index (χ4v) is 3.46. The smallest absolute Gasteiger partial charge is 0.0223 e. The van der Waals surface area contributed by atoms with Crippen LogP contribution in [0.3, 0.4) is 0 Å². The van der Waals surface area contributed by atoms with E-state index in [1.165, 1.54) is 42.8 Å². The van der Waals surface area contributed by atoms with Crippen molar-refractivity contribution in [3.05, 3.63) is 23.0 Å². The molecule has 1 aliphatic rings. The first-order chi connectivity index (χ1) is 8.63. The normalized spacial score (nSPS) is 23.8. The Kier molecular flexibility index (Phi) is 4.50. The van der Waals surface area contributed by atoms with Crippen LogP contribution in [0.4, 0.5) is 0 Å². The number of aryl methyl sites for hydroxylation is 1. The summed E-state index contributed by atoms with van der Waals surface area (Å²) in [4.78, 5) is 0. The number of nitrogens with one attached hydrogen (secondary N) is 1. The van der Waals surface area contributed by atoms with Crippen molar-refractivity contribution in [2.24, 2.45) is 11.8 Å². The van der Waals surface area contributed by atoms with E-state index >= 15 is 0 Å². The van der Waals surface area contributed by atoms with Gasteiger partial charge in [-0.2, -0.15) is 0 Å². The topological polar surface area (TPSA) is 17.0 Å². The van der Waals surface area contributed by atoms with Gasteiger partial charge < -0.3 is 9.88 Å². The van der Waals surface area contributed by atoms with E-state index in [0.717, 1.165) is 24.9 Å². The zero-order chi connectivity index (χ0) is 13.1. The average molecular weight is 248 g/mol.